The average Bonchev–Trinajstić information content (AvgIpc) is 3.41. The fourth-order valence-corrected chi connectivity index (χ4v) is 12.2. The van der Waals surface area contributed by atoms with E-state index in [1.807, 2.05) is 6.08 Å². The number of unbranched alkanes of at least 4 members (excludes halogenated alkanes) is 9. The van der Waals surface area contributed by atoms with Gasteiger partial charge in [-0.2, -0.15) is 0 Å². The molecule has 0 bridgehead atoms. The number of fused-ring (bicyclic) bond motifs is 3. The molecule has 0 radical (unpaired) electrons. The molecule has 0 aromatic heterocycles. The van der Waals surface area contributed by atoms with Crippen LogP contribution in [0.15, 0.2) is 97.6 Å². The summed E-state index contributed by atoms with van der Waals surface area (Å²) in [6, 6.07) is 36.7. The van der Waals surface area contributed by atoms with Gasteiger partial charge < -0.3 is 0 Å². The Kier molecular flexibility index (Phi) is 13.5. The quantitative estimate of drug-likeness (QED) is 0.0500. The van der Waals surface area contributed by atoms with Crippen molar-refractivity contribution < 1.29 is 0 Å². The van der Waals surface area contributed by atoms with Crippen LogP contribution < -0.4 is 10.4 Å². The zero-order valence-corrected chi connectivity index (χ0v) is 32.2. The third kappa shape index (κ3) is 8.66. The minimum absolute atomic E-state index is 0.0837. The normalized spacial score (nSPS) is 14.4. The molecule has 0 aliphatic heterocycles. The first-order valence-corrected chi connectivity index (χ1v) is 22.5. The lowest BCUT2D eigenvalue weighted by molar-refractivity contribution is 0.401. The summed E-state index contributed by atoms with van der Waals surface area (Å²) in [6.07, 6.45) is 24.9. The van der Waals surface area contributed by atoms with Crippen LogP contribution in [0.5, 0.6) is 0 Å². The van der Waals surface area contributed by atoms with Crippen LogP contribution in [0.25, 0.3) is 29.4 Å². The molecule has 258 valence electrons. The van der Waals surface area contributed by atoms with Crippen LogP contribution in [-0.2, 0) is 5.41 Å². The first kappa shape index (κ1) is 36.8. The van der Waals surface area contributed by atoms with Crippen molar-refractivity contribution in [1.82, 2.24) is 0 Å². The van der Waals surface area contributed by atoms with Crippen LogP contribution in [0.3, 0.4) is 0 Å². The predicted octanol–water partition coefficient (Wildman–Crippen LogP) is 13.5. The first-order valence-electron chi connectivity index (χ1n) is 19.7. The Morgan fingerprint density at radius 3 is 1.59 bits per heavy atom. The van der Waals surface area contributed by atoms with Gasteiger partial charge in [-0.1, -0.05) is 231 Å². The van der Waals surface area contributed by atoms with Gasteiger partial charge in [0.05, 0.1) is 0 Å². The summed E-state index contributed by atoms with van der Waals surface area (Å²) >= 11 is 0. The molecule has 0 saturated carbocycles. The molecule has 4 aromatic carbocycles. The van der Waals surface area contributed by atoms with Gasteiger partial charge in [0.1, 0.15) is 8.07 Å². The van der Waals surface area contributed by atoms with E-state index in [2.05, 4.69) is 137 Å². The van der Waals surface area contributed by atoms with Crippen molar-refractivity contribution in [2.24, 2.45) is 0 Å². The topological polar surface area (TPSA) is 0 Å². The molecule has 1 heteroatoms. The SMILES string of the molecule is C=Cc1ccc2c(c1)C(CCCCCC)(CCCCCC)c1cc(/C=C/c3ccc([Si](C)(CCCCCC)c4ccccc4)cc3)ccc1-2. The monoisotopic (exact) mass is 666 g/mol. The lowest BCUT2D eigenvalue weighted by Gasteiger charge is -2.33. The van der Waals surface area contributed by atoms with E-state index in [9.17, 15) is 0 Å². The van der Waals surface area contributed by atoms with Crippen molar-refractivity contribution in [3.05, 3.63) is 125 Å². The molecule has 1 aliphatic carbocycles. The molecular weight excluding hydrogens is 605 g/mol. The summed E-state index contributed by atoms with van der Waals surface area (Å²) in [7, 11) is -1.79. The number of hydrogen-bond donors (Lipinski definition) is 0. The summed E-state index contributed by atoms with van der Waals surface area (Å²) in [5.41, 5.74) is 9.91. The van der Waals surface area contributed by atoms with Gasteiger partial charge in [0.15, 0.2) is 0 Å². The zero-order chi connectivity index (χ0) is 34.5. The highest BCUT2D eigenvalue weighted by atomic mass is 28.3. The van der Waals surface area contributed by atoms with Crippen LogP contribution >= 0.6 is 0 Å². The maximum absolute atomic E-state index is 4.14. The van der Waals surface area contributed by atoms with Crippen molar-refractivity contribution in [3.63, 3.8) is 0 Å². The van der Waals surface area contributed by atoms with Crippen LogP contribution in [0.4, 0.5) is 0 Å². The standard InChI is InChI=1S/C48H62Si/c1-6-10-13-19-34-48(35-20-14-11-7-2)46-37-39(9-4)28-32-44(46)45-33-29-41(38-47(45)48)25-24-40-26-30-43(31-27-40)49(5,36-21-15-12-8-3)42-22-17-16-18-23-42/h9,16-18,22-33,37-38H,4,6-8,10-15,19-21,34-36H2,1-3,5H3/b25-24+. The van der Waals surface area contributed by atoms with Crippen molar-refractivity contribution in [2.45, 2.75) is 129 Å². The molecule has 49 heavy (non-hydrogen) atoms. The minimum Gasteiger partial charge on any atom is -0.0985 e. The van der Waals surface area contributed by atoms with Gasteiger partial charge in [-0.25, -0.2) is 0 Å². The van der Waals surface area contributed by atoms with Gasteiger partial charge in [-0.15, -0.1) is 0 Å². The molecular formula is C48H62Si. The van der Waals surface area contributed by atoms with E-state index in [1.54, 1.807) is 21.5 Å². The number of hydrogen-bond acceptors (Lipinski definition) is 0. The van der Waals surface area contributed by atoms with E-state index in [0.717, 1.165) is 0 Å². The molecule has 1 atom stereocenters. The highest BCUT2D eigenvalue weighted by Crippen LogP contribution is 2.54. The largest absolute Gasteiger partial charge is 0.115 e. The predicted molar refractivity (Wildman–Crippen MR) is 222 cm³/mol. The van der Waals surface area contributed by atoms with E-state index in [4.69, 9.17) is 0 Å². The Labute approximate surface area is 300 Å². The van der Waals surface area contributed by atoms with Crippen molar-refractivity contribution in [3.8, 4) is 11.1 Å². The summed E-state index contributed by atoms with van der Waals surface area (Å²) in [6.45, 7) is 13.7. The molecule has 4 aromatic rings. The fraction of sp³-hybridized carbons (Fsp3) is 0.417. The lowest BCUT2D eigenvalue weighted by atomic mass is 9.70. The third-order valence-electron chi connectivity index (χ3n) is 11.5. The summed E-state index contributed by atoms with van der Waals surface area (Å²) in [4.78, 5) is 0. The van der Waals surface area contributed by atoms with Gasteiger partial charge in [0, 0.05) is 5.41 Å². The summed E-state index contributed by atoms with van der Waals surface area (Å²) in [5, 5.41) is 3.11. The van der Waals surface area contributed by atoms with Crippen molar-refractivity contribution in [2.75, 3.05) is 0 Å². The second-order valence-corrected chi connectivity index (χ2v) is 19.3. The molecule has 5 rings (SSSR count). The number of benzene rings is 4. The van der Waals surface area contributed by atoms with Gasteiger partial charge in [-0.05, 0) is 57.8 Å². The smallest absolute Gasteiger partial charge is 0.0985 e. The second kappa shape index (κ2) is 18.0. The van der Waals surface area contributed by atoms with E-state index in [0.29, 0.717) is 0 Å². The maximum Gasteiger partial charge on any atom is 0.115 e. The lowest BCUT2D eigenvalue weighted by Crippen LogP contribution is -2.55. The molecule has 0 fully saturated rings. The van der Waals surface area contributed by atoms with E-state index >= 15 is 0 Å². The van der Waals surface area contributed by atoms with Crippen LogP contribution in [0.2, 0.25) is 12.6 Å². The summed E-state index contributed by atoms with van der Waals surface area (Å²) < 4.78 is 0. The fourth-order valence-electron chi connectivity index (χ4n) is 8.45. The maximum atomic E-state index is 4.14. The summed E-state index contributed by atoms with van der Waals surface area (Å²) in [5.74, 6) is 0. The van der Waals surface area contributed by atoms with Gasteiger partial charge in [-0.3, -0.25) is 0 Å². The molecule has 1 unspecified atom stereocenters. The molecule has 0 N–H and O–H groups in total. The van der Waals surface area contributed by atoms with Crippen molar-refractivity contribution >= 4 is 36.7 Å². The Balaban J connectivity index is 1.44. The first-order chi connectivity index (χ1) is 24.0. The molecule has 0 spiro atoms. The van der Waals surface area contributed by atoms with Gasteiger partial charge in [0.2, 0.25) is 0 Å². The van der Waals surface area contributed by atoms with Crippen LogP contribution in [0.1, 0.15) is 138 Å². The Morgan fingerprint density at radius 2 is 1.02 bits per heavy atom. The second-order valence-electron chi connectivity index (χ2n) is 15.0. The number of rotatable bonds is 20. The van der Waals surface area contributed by atoms with E-state index in [1.165, 1.54) is 124 Å². The molecule has 0 heterocycles. The Morgan fingerprint density at radius 1 is 0.531 bits per heavy atom. The molecule has 0 nitrogen and oxygen atoms in total. The molecule has 0 saturated heterocycles. The molecule has 1 aliphatic rings. The minimum atomic E-state index is -1.79. The van der Waals surface area contributed by atoms with Crippen molar-refractivity contribution in [1.29, 1.82) is 0 Å². The van der Waals surface area contributed by atoms with E-state index in [-0.39, 0.29) is 5.41 Å². The Bertz CT molecular complexity index is 1630. The average molecular weight is 667 g/mol. The highest BCUT2D eigenvalue weighted by Gasteiger charge is 2.42. The van der Waals surface area contributed by atoms with E-state index < -0.39 is 8.07 Å². The highest BCUT2D eigenvalue weighted by molar-refractivity contribution is 7.01. The van der Waals surface area contributed by atoms with Crippen LogP contribution in [0, 0.1) is 0 Å². The Hall–Kier alpha value is -3.42. The molecule has 0 amide bonds. The van der Waals surface area contributed by atoms with Crippen LogP contribution in [-0.4, -0.2) is 8.07 Å². The van der Waals surface area contributed by atoms with Gasteiger partial charge in [0.25, 0.3) is 0 Å². The van der Waals surface area contributed by atoms with Gasteiger partial charge >= 0.3 is 0 Å². The third-order valence-corrected chi connectivity index (χ3v) is 16.1. The zero-order valence-electron chi connectivity index (χ0n) is 31.2.